The number of thioether (sulfide) groups is 1. The van der Waals surface area contributed by atoms with Crippen molar-refractivity contribution in [1.82, 2.24) is 10.2 Å². The van der Waals surface area contributed by atoms with E-state index < -0.39 is 0 Å². The molecule has 0 bridgehead atoms. The van der Waals surface area contributed by atoms with Crippen LogP contribution < -0.4 is 5.32 Å². The molecule has 1 saturated heterocycles. The molecule has 0 unspecified atom stereocenters. The number of likely N-dealkylation sites (tertiary alicyclic amines) is 1. The van der Waals surface area contributed by atoms with Crippen LogP contribution in [0.15, 0.2) is 24.3 Å². The van der Waals surface area contributed by atoms with Gasteiger partial charge in [-0.25, -0.2) is 0 Å². The molecule has 1 amide bonds. The van der Waals surface area contributed by atoms with Gasteiger partial charge in [0.05, 0.1) is 0 Å². The van der Waals surface area contributed by atoms with E-state index in [1.807, 2.05) is 11.8 Å². The molecule has 1 atom stereocenters. The summed E-state index contributed by atoms with van der Waals surface area (Å²) in [7, 11) is 0. The average Bonchev–Trinajstić information content (AvgIpc) is 2.96. The fourth-order valence-corrected chi connectivity index (χ4v) is 4.64. The highest BCUT2D eigenvalue weighted by Crippen LogP contribution is 2.27. The summed E-state index contributed by atoms with van der Waals surface area (Å²) in [5.74, 6) is 2.63. The first-order valence-corrected chi connectivity index (χ1v) is 10.2. The number of nitrogens with zero attached hydrogens (tertiary/aromatic N) is 1. The van der Waals surface area contributed by atoms with Gasteiger partial charge in [-0.2, -0.15) is 11.8 Å². The van der Waals surface area contributed by atoms with Gasteiger partial charge in [0, 0.05) is 37.8 Å². The molecule has 2 heterocycles. The van der Waals surface area contributed by atoms with Crippen LogP contribution in [-0.2, 0) is 11.2 Å². The van der Waals surface area contributed by atoms with E-state index in [9.17, 15) is 4.79 Å². The second-order valence-electron chi connectivity index (χ2n) is 6.58. The molecule has 1 aromatic rings. The molecule has 0 saturated carbocycles. The largest absolute Gasteiger partial charge is 0.343 e. The second kappa shape index (κ2) is 8.74. The Morgan fingerprint density at radius 3 is 2.78 bits per heavy atom. The lowest BCUT2D eigenvalue weighted by Crippen LogP contribution is -2.35. The molecular formula is C19H28N2OS. The van der Waals surface area contributed by atoms with Crippen molar-refractivity contribution in [3.8, 4) is 0 Å². The highest BCUT2D eigenvalue weighted by Gasteiger charge is 2.19. The molecule has 1 aromatic carbocycles. The van der Waals surface area contributed by atoms with E-state index in [2.05, 4.69) is 34.5 Å². The third kappa shape index (κ3) is 4.74. The molecule has 0 aromatic heterocycles. The van der Waals surface area contributed by atoms with Crippen molar-refractivity contribution in [3.63, 3.8) is 0 Å². The fraction of sp³-hybridized carbons (Fsp3) is 0.632. The van der Waals surface area contributed by atoms with Crippen molar-refractivity contribution >= 4 is 17.7 Å². The molecule has 3 rings (SSSR count). The summed E-state index contributed by atoms with van der Waals surface area (Å²) >= 11 is 2.01. The van der Waals surface area contributed by atoms with E-state index in [1.54, 1.807) is 0 Å². The van der Waals surface area contributed by atoms with E-state index in [-0.39, 0.29) is 0 Å². The summed E-state index contributed by atoms with van der Waals surface area (Å²) < 4.78 is 0. The van der Waals surface area contributed by atoms with Gasteiger partial charge in [0.2, 0.25) is 5.91 Å². The number of aryl methyl sites for hydroxylation is 1. The lowest BCUT2D eigenvalue weighted by Gasteiger charge is -2.22. The molecule has 1 fully saturated rings. The summed E-state index contributed by atoms with van der Waals surface area (Å²) in [6.45, 7) is 2.71. The summed E-state index contributed by atoms with van der Waals surface area (Å²) in [4.78, 5) is 14.5. The summed E-state index contributed by atoms with van der Waals surface area (Å²) in [6.07, 6.45) is 6.68. The van der Waals surface area contributed by atoms with Crippen molar-refractivity contribution in [3.05, 3.63) is 35.4 Å². The third-order valence-corrected chi connectivity index (χ3v) is 5.98. The van der Waals surface area contributed by atoms with Gasteiger partial charge in [0.25, 0.3) is 0 Å². The molecule has 3 nitrogen and oxygen atoms in total. The highest BCUT2D eigenvalue weighted by molar-refractivity contribution is 7.99. The maximum Gasteiger partial charge on any atom is 0.223 e. The Morgan fingerprint density at radius 1 is 1.17 bits per heavy atom. The maximum atomic E-state index is 12.4. The molecule has 0 radical (unpaired) electrons. The zero-order valence-corrected chi connectivity index (χ0v) is 14.7. The monoisotopic (exact) mass is 332 g/mol. The predicted octanol–water partition coefficient (Wildman–Crippen LogP) is 3.40. The Kier molecular flexibility index (Phi) is 6.40. The van der Waals surface area contributed by atoms with Crippen LogP contribution in [-0.4, -0.2) is 41.9 Å². The molecular weight excluding hydrogens is 304 g/mol. The number of nitrogens with one attached hydrogen (secondary N) is 1. The van der Waals surface area contributed by atoms with E-state index in [4.69, 9.17) is 0 Å². The number of fused-ring (bicyclic) bond motifs is 1. The fourth-order valence-electron chi connectivity index (χ4n) is 3.58. The Morgan fingerprint density at radius 2 is 1.96 bits per heavy atom. The van der Waals surface area contributed by atoms with Gasteiger partial charge in [0.1, 0.15) is 0 Å². The van der Waals surface area contributed by atoms with E-state index >= 15 is 0 Å². The van der Waals surface area contributed by atoms with E-state index in [0.717, 1.165) is 31.8 Å². The molecule has 4 heteroatoms. The molecule has 2 aliphatic rings. The summed E-state index contributed by atoms with van der Waals surface area (Å²) in [5.41, 5.74) is 2.90. The van der Waals surface area contributed by atoms with Crippen LogP contribution >= 0.6 is 11.8 Å². The summed E-state index contributed by atoms with van der Waals surface area (Å²) in [6, 6.07) is 9.14. The molecule has 23 heavy (non-hydrogen) atoms. The van der Waals surface area contributed by atoms with E-state index in [0.29, 0.717) is 18.4 Å². The smallest absolute Gasteiger partial charge is 0.223 e. The number of hydrogen-bond donors (Lipinski definition) is 1. The van der Waals surface area contributed by atoms with Crippen LogP contribution in [0.4, 0.5) is 0 Å². The van der Waals surface area contributed by atoms with Gasteiger partial charge >= 0.3 is 0 Å². The molecule has 2 aliphatic heterocycles. The predicted molar refractivity (Wildman–Crippen MR) is 97.9 cm³/mol. The Balaban J connectivity index is 1.51. The molecule has 0 aliphatic carbocycles. The van der Waals surface area contributed by atoms with Crippen LogP contribution in [0, 0.1) is 0 Å². The standard InChI is InChI=1S/C19H28N2OS/c22-19(21-12-5-1-2-6-13-21)9-11-20-18-15-23-14-10-16-7-3-4-8-17(16)18/h3-4,7-8,18,20H,1-2,5-6,9-15H2/t18-/m1/s1. The lowest BCUT2D eigenvalue weighted by atomic mass is 9.99. The van der Waals surface area contributed by atoms with Crippen molar-refractivity contribution in [2.45, 2.75) is 44.6 Å². The second-order valence-corrected chi connectivity index (χ2v) is 7.73. The first kappa shape index (κ1) is 16.8. The van der Waals surface area contributed by atoms with Gasteiger partial charge in [-0.3, -0.25) is 4.79 Å². The van der Waals surface area contributed by atoms with Crippen LogP contribution in [0.25, 0.3) is 0 Å². The van der Waals surface area contributed by atoms with Gasteiger partial charge in [-0.1, -0.05) is 37.1 Å². The lowest BCUT2D eigenvalue weighted by molar-refractivity contribution is -0.131. The topological polar surface area (TPSA) is 32.3 Å². The number of amides is 1. The zero-order chi connectivity index (χ0) is 15.9. The molecule has 1 N–H and O–H groups in total. The zero-order valence-electron chi connectivity index (χ0n) is 13.9. The number of rotatable bonds is 4. The van der Waals surface area contributed by atoms with Crippen molar-refractivity contribution in [2.75, 3.05) is 31.1 Å². The molecule has 0 spiro atoms. The minimum absolute atomic E-state index is 0.328. The number of carbonyl (C=O) groups is 1. The first-order chi connectivity index (χ1) is 11.3. The highest BCUT2D eigenvalue weighted by atomic mass is 32.2. The minimum Gasteiger partial charge on any atom is -0.343 e. The Labute approximate surface area is 144 Å². The minimum atomic E-state index is 0.328. The Bertz CT molecular complexity index is 512. The normalized spacial score (nSPS) is 22.1. The molecule has 126 valence electrons. The van der Waals surface area contributed by atoms with Crippen LogP contribution in [0.3, 0.4) is 0 Å². The van der Waals surface area contributed by atoms with Gasteiger partial charge < -0.3 is 10.2 Å². The number of hydrogen-bond acceptors (Lipinski definition) is 3. The Hall–Kier alpha value is -1.00. The van der Waals surface area contributed by atoms with Crippen molar-refractivity contribution < 1.29 is 4.79 Å². The number of benzene rings is 1. The average molecular weight is 333 g/mol. The van der Waals surface area contributed by atoms with Gasteiger partial charge in [0.15, 0.2) is 0 Å². The quantitative estimate of drug-likeness (QED) is 0.917. The SMILES string of the molecule is O=C(CCN[C@@H]1CSCCc2ccccc21)N1CCCCCC1. The first-order valence-electron chi connectivity index (χ1n) is 9.01. The number of carbonyl (C=O) groups excluding carboxylic acids is 1. The van der Waals surface area contributed by atoms with Crippen LogP contribution in [0.2, 0.25) is 0 Å². The van der Waals surface area contributed by atoms with Crippen molar-refractivity contribution in [1.29, 1.82) is 0 Å². The van der Waals surface area contributed by atoms with Gasteiger partial charge in [-0.15, -0.1) is 0 Å². The van der Waals surface area contributed by atoms with Gasteiger partial charge in [-0.05, 0) is 36.1 Å². The van der Waals surface area contributed by atoms with Crippen LogP contribution in [0.5, 0.6) is 0 Å². The maximum absolute atomic E-state index is 12.4. The third-order valence-electron chi connectivity index (χ3n) is 4.92. The summed E-state index contributed by atoms with van der Waals surface area (Å²) in [5, 5.41) is 3.64. The van der Waals surface area contributed by atoms with Crippen molar-refractivity contribution in [2.24, 2.45) is 0 Å². The van der Waals surface area contributed by atoms with Crippen LogP contribution in [0.1, 0.15) is 49.3 Å². The van der Waals surface area contributed by atoms with E-state index in [1.165, 1.54) is 42.6 Å².